The highest BCUT2D eigenvalue weighted by Crippen LogP contribution is 2.18. The molecule has 0 saturated carbocycles. The number of benzene rings is 1. The minimum Gasteiger partial charge on any atom is -0.493 e. The second-order valence-corrected chi connectivity index (χ2v) is 4.96. The van der Waals surface area contributed by atoms with Crippen molar-refractivity contribution in [2.45, 2.75) is 13.0 Å². The summed E-state index contributed by atoms with van der Waals surface area (Å²) < 4.78 is 10.8. The monoisotopic (exact) mass is 269 g/mol. The van der Waals surface area contributed by atoms with Gasteiger partial charge >= 0.3 is 0 Å². The molecule has 102 valence electrons. The van der Waals surface area contributed by atoms with Gasteiger partial charge < -0.3 is 14.8 Å². The number of thioether (sulfide) groups is 1. The third kappa shape index (κ3) is 6.28. The largest absolute Gasteiger partial charge is 0.493 e. The van der Waals surface area contributed by atoms with Crippen LogP contribution < -0.4 is 10.1 Å². The second-order valence-electron chi connectivity index (χ2n) is 3.97. The summed E-state index contributed by atoms with van der Waals surface area (Å²) in [6, 6.07) is 8.20. The SMILES string of the molecule is COCCNCc1ccccc1OCCCSC. The van der Waals surface area contributed by atoms with Crippen molar-refractivity contribution in [3.05, 3.63) is 29.8 Å². The summed E-state index contributed by atoms with van der Waals surface area (Å²) in [7, 11) is 1.71. The highest BCUT2D eigenvalue weighted by atomic mass is 32.2. The molecule has 4 heteroatoms. The standard InChI is InChI=1S/C14H23NO2S/c1-16-10-8-15-12-13-6-3-4-7-14(13)17-9-5-11-18-2/h3-4,6-7,15H,5,8-12H2,1-2H3. The van der Waals surface area contributed by atoms with Crippen LogP contribution in [0.4, 0.5) is 0 Å². The van der Waals surface area contributed by atoms with Gasteiger partial charge in [0, 0.05) is 25.8 Å². The van der Waals surface area contributed by atoms with Crippen LogP contribution in [0.1, 0.15) is 12.0 Å². The fourth-order valence-electron chi connectivity index (χ4n) is 1.57. The van der Waals surface area contributed by atoms with E-state index in [1.807, 2.05) is 30.0 Å². The molecule has 1 rings (SSSR count). The predicted molar refractivity (Wildman–Crippen MR) is 78.5 cm³/mol. The predicted octanol–water partition coefficient (Wildman–Crippen LogP) is 2.55. The molecule has 0 bridgehead atoms. The topological polar surface area (TPSA) is 30.5 Å². The lowest BCUT2D eigenvalue weighted by molar-refractivity contribution is 0.199. The van der Waals surface area contributed by atoms with Crippen LogP contribution in [0.25, 0.3) is 0 Å². The summed E-state index contributed by atoms with van der Waals surface area (Å²) in [5, 5.41) is 3.34. The molecule has 0 fully saturated rings. The van der Waals surface area contributed by atoms with Crippen LogP contribution in [0.15, 0.2) is 24.3 Å². The first kappa shape index (κ1) is 15.3. The van der Waals surface area contributed by atoms with E-state index in [9.17, 15) is 0 Å². The molecule has 0 amide bonds. The highest BCUT2D eigenvalue weighted by Gasteiger charge is 2.02. The molecule has 0 aliphatic rings. The van der Waals surface area contributed by atoms with Crippen LogP contribution in [-0.2, 0) is 11.3 Å². The van der Waals surface area contributed by atoms with Crippen molar-refractivity contribution in [2.75, 3.05) is 38.9 Å². The Morgan fingerprint density at radius 1 is 1.22 bits per heavy atom. The van der Waals surface area contributed by atoms with Crippen molar-refractivity contribution in [2.24, 2.45) is 0 Å². The molecule has 1 aromatic carbocycles. The van der Waals surface area contributed by atoms with Crippen molar-refractivity contribution >= 4 is 11.8 Å². The molecule has 0 aliphatic heterocycles. The summed E-state index contributed by atoms with van der Waals surface area (Å²) in [6.45, 7) is 3.20. The van der Waals surface area contributed by atoms with Crippen LogP contribution in [0.2, 0.25) is 0 Å². The van der Waals surface area contributed by atoms with Gasteiger partial charge in [0.15, 0.2) is 0 Å². The zero-order chi connectivity index (χ0) is 13.1. The average Bonchev–Trinajstić information content (AvgIpc) is 2.41. The summed E-state index contributed by atoms with van der Waals surface area (Å²) in [6.07, 6.45) is 3.21. The quantitative estimate of drug-likeness (QED) is 0.661. The average molecular weight is 269 g/mol. The smallest absolute Gasteiger partial charge is 0.123 e. The maximum atomic E-state index is 5.81. The van der Waals surface area contributed by atoms with Crippen LogP contribution >= 0.6 is 11.8 Å². The lowest BCUT2D eigenvalue weighted by Crippen LogP contribution is -2.19. The number of hydrogen-bond acceptors (Lipinski definition) is 4. The van der Waals surface area contributed by atoms with E-state index in [1.54, 1.807) is 7.11 Å². The zero-order valence-electron chi connectivity index (χ0n) is 11.3. The Bertz CT molecular complexity index is 289. The third-order valence-corrected chi connectivity index (χ3v) is 3.22. The molecule has 0 saturated heterocycles. The van der Waals surface area contributed by atoms with Gasteiger partial charge in [0.25, 0.3) is 0 Å². The first-order valence-electron chi connectivity index (χ1n) is 6.27. The molecule has 0 radical (unpaired) electrons. The second kappa shape index (κ2) is 10.2. The van der Waals surface area contributed by atoms with Crippen LogP contribution in [0.3, 0.4) is 0 Å². The van der Waals surface area contributed by atoms with Crippen LogP contribution in [-0.4, -0.2) is 38.9 Å². The van der Waals surface area contributed by atoms with E-state index in [2.05, 4.69) is 17.6 Å². The number of rotatable bonds is 10. The van der Waals surface area contributed by atoms with E-state index in [-0.39, 0.29) is 0 Å². The van der Waals surface area contributed by atoms with Gasteiger partial charge in [-0.25, -0.2) is 0 Å². The normalized spacial score (nSPS) is 10.6. The lowest BCUT2D eigenvalue weighted by atomic mass is 10.2. The van der Waals surface area contributed by atoms with Gasteiger partial charge in [-0.15, -0.1) is 0 Å². The molecule has 0 heterocycles. The minimum absolute atomic E-state index is 0.733. The van der Waals surface area contributed by atoms with Crippen molar-refractivity contribution in [1.82, 2.24) is 5.32 Å². The van der Waals surface area contributed by atoms with Crippen molar-refractivity contribution in [3.63, 3.8) is 0 Å². The number of methoxy groups -OCH3 is 1. The molecule has 0 aromatic heterocycles. The van der Waals surface area contributed by atoms with Gasteiger partial charge in [-0.05, 0) is 24.5 Å². The Balaban J connectivity index is 2.36. The summed E-state index contributed by atoms with van der Waals surface area (Å²) in [4.78, 5) is 0. The lowest BCUT2D eigenvalue weighted by Gasteiger charge is -2.11. The molecular weight excluding hydrogens is 246 g/mol. The van der Waals surface area contributed by atoms with Crippen molar-refractivity contribution < 1.29 is 9.47 Å². The molecule has 1 aromatic rings. The Morgan fingerprint density at radius 2 is 2.06 bits per heavy atom. The number of para-hydroxylation sites is 1. The Morgan fingerprint density at radius 3 is 2.83 bits per heavy atom. The van der Waals surface area contributed by atoms with E-state index in [0.29, 0.717) is 0 Å². The minimum atomic E-state index is 0.733. The van der Waals surface area contributed by atoms with E-state index >= 15 is 0 Å². The van der Waals surface area contributed by atoms with E-state index in [0.717, 1.165) is 44.2 Å². The molecule has 0 spiro atoms. The van der Waals surface area contributed by atoms with Gasteiger partial charge in [0.05, 0.1) is 13.2 Å². The van der Waals surface area contributed by atoms with Gasteiger partial charge in [0.1, 0.15) is 5.75 Å². The first-order chi connectivity index (χ1) is 8.88. The molecule has 0 atom stereocenters. The maximum Gasteiger partial charge on any atom is 0.123 e. The van der Waals surface area contributed by atoms with Gasteiger partial charge in [-0.3, -0.25) is 0 Å². The Kier molecular flexibility index (Phi) is 8.73. The van der Waals surface area contributed by atoms with Gasteiger partial charge in [0.2, 0.25) is 0 Å². The van der Waals surface area contributed by atoms with Crippen molar-refractivity contribution in [3.8, 4) is 5.75 Å². The van der Waals surface area contributed by atoms with E-state index < -0.39 is 0 Å². The zero-order valence-corrected chi connectivity index (χ0v) is 12.1. The van der Waals surface area contributed by atoms with Gasteiger partial charge in [-0.1, -0.05) is 18.2 Å². The molecule has 18 heavy (non-hydrogen) atoms. The fourth-order valence-corrected chi connectivity index (χ4v) is 1.98. The molecule has 0 aliphatic carbocycles. The van der Waals surface area contributed by atoms with Gasteiger partial charge in [-0.2, -0.15) is 11.8 Å². The first-order valence-corrected chi connectivity index (χ1v) is 7.67. The molecule has 0 unspecified atom stereocenters. The molecule has 1 N–H and O–H groups in total. The summed E-state index contributed by atoms with van der Waals surface area (Å²) >= 11 is 1.85. The van der Waals surface area contributed by atoms with Crippen LogP contribution in [0.5, 0.6) is 5.75 Å². The fraction of sp³-hybridized carbons (Fsp3) is 0.571. The molecular formula is C14H23NO2S. The maximum absolute atomic E-state index is 5.81. The summed E-state index contributed by atoms with van der Waals surface area (Å²) in [5.74, 6) is 2.14. The van der Waals surface area contributed by atoms with Crippen LogP contribution in [0, 0.1) is 0 Å². The summed E-state index contributed by atoms with van der Waals surface area (Å²) in [5.41, 5.74) is 1.21. The van der Waals surface area contributed by atoms with E-state index in [1.165, 1.54) is 5.56 Å². The third-order valence-electron chi connectivity index (χ3n) is 2.52. The Labute approximate surface area is 114 Å². The number of hydrogen-bond donors (Lipinski definition) is 1. The van der Waals surface area contributed by atoms with E-state index in [4.69, 9.17) is 9.47 Å². The molecule has 3 nitrogen and oxygen atoms in total. The van der Waals surface area contributed by atoms with Crippen molar-refractivity contribution in [1.29, 1.82) is 0 Å². The highest BCUT2D eigenvalue weighted by molar-refractivity contribution is 7.98. The number of ether oxygens (including phenoxy) is 2. The number of nitrogens with one attached hydrogen (secondary N) is 1. The Hall–Kier alpha value is -0.710.